The summed E-state index contributed by atoms with van der Waals surface area (Å²) in [6.45, 7) is 2.61. The van der Waals surface area contributed by atoms with Crippen molar-refractivity contribution in [1.82, 2.24) is 10.2 Å². The van der Waals surface area contributed by atoms with Gasteiger partial charge in [-0.25, -0.2) is 0 Å². The van der Waals surface area contributed by atoms with Crippen LogP contribution in [0, 0.1) is 0 Å². The molecular formula is C8H9Cl2N3O. The van der Waals surface area contributed by atoms with Crippen molar-refractivity contribution in [1.29, 1.82) is 0 Å². The number of hydrogen-bond donors (Lipinski definition) is 0. The summed E-state index contributed by atoms with van der Waals surface area (Å²) in [5, 5.41) is 7.99. The smallest absolute Gasteiger partial charge is 0.195 e. The van der Waals surface area contributed by atoms with Crippen LogP contribution in [-0.4, -0.2) is 29.9 Å². The van der Waals surface area contributed by atoms with Crippen molar-refractivity contribution in [3.05, 3.63) is 10.3 Å². The summed E-state index contributed by atoms with van der Waals surface area (Å²) in [5.74, 6) is 0.521. The molecule has 0 saturated carbocycles. The number of anilines is 1. The summed E-state index contributed by atoms with van der Waals surface area (Å²) in [6.07, 6.45) is 0. The minimum atomic E-state index is 0.250. The maximum absolute atomic E-state index is 5.92. The molecule has 1 aromatic rings. The quantitative estimate of drug-likeness (QED) is 0.688. The number of fused-ring (bicyclic) bond motifs is 1. The van der Waals surface area contributed by atoms with Crippen LogP contribution in [0.15, 0.2) is 0 Å². The topological polar surface area (TPSA) is 38.3 Å². The Bertz CT molecular complexity index is 372. The fourth-order valence-electron chi connectivity index (χ4n) is 1.34. The number of hydrogen-bond acceptors (Lipinski definition) is 4. The highest BCUT2D eigenvalue weighted by molar-refractivity contribution is 6.34. The van der Waals surface area contributed by atoms with E-state index in [2.05, 4.69) is 10.2 Å². The van der Waals surface area contributed by atoms with Gasteiger partial charge in [-0.05, 0) is 6.92 Å². The van der Waals surface area contributed by atoms with E-state index in [1.807, 2.05) is 18.9 Å². The van der Waals surface area contributed by atoms with Crippen molar-refractivity contribution in [3.8, 4) is 5.75 Å². The predicted molar refractivity (Wildman–Crippen MR) is 55.4 cm³/mol. The first-order valence-corrected chi connectivity index (χ1v) is 4.94. The molecule has 0 saturated heterocycles. The Kier molecular flexibility index (Phi) is 2.41. The van der Waals surface area contributed by atoms with Gasteiger partial charge in [0.2, 0.25) is 0 Å². The van der Waals surface area contributed by atoms with E-state index in [1.165, 1.54) is 0 Å². The van der Waals surface area contributed by atoms with Crippen molar-refractivity contribution in [3.63, 3.8) is 0 Å². The van der Waals surface area contributed by atoms with Gasteiger partial charge in [0.25, 0.3) is 0 Å². The van der Waals surface area contributed by atoms with E-state index < -0.39 is 0 Å². The summed E-state index contributed by atoms with van der Waals surface area (Å²) in [4.78, 5) is 1.99. The minimum Gasteiger partial charge on any atom is -0.486 e. The number of rotatable bonds is 0. The van der Waals surface area contributed by atoms with Crippen molar-refractivity contribution >= 4 is 28.9 Å². The molecule has 0 unspecified atom stereocenters. The third kappa shape index (κ3) is 1.38. The first kappa shape index (κ1) is 9.80. The number of ether oxygens (including phenoxy) is 1. The van der Waals surface area contributed by atoms with Crippen molar-refractivity contribution in [2.75, 3.05) is 18.6 Å². The molecule has 0 spiro atoms. The molecule has 0 bridgehead atoms. The van der Waals surface area contributed by atoms with Crippen molar-refractivity contribution < 1.29 is 4.74 Å². The van der Waals surface area contributed by atoms with E-state index >= 15 is 0 Å². The number of likely N-dealkylation sites (N-methyl/N-ethyl adjacent to an activating group) is 1. The van der Waals surface area contributed by atoms with Crippen LogP contribution >= 0.6 is 23.2 Å². The van der Waals surface area contributed by atoms with E-state index in [1.54, 1.807) is 0 Å². The Morgan fingerprint density at radius 1 is 1.36 bits per heavy atom. The standard InChI is InChI=1S/C8H9Cl2N3O/c1-4-3-14-6-5(13(4)2)7(9)11-12-8(6)10/h4H,3H2,1-2H3/t4-/m0/s1. The Morgan fingerprint density at radius 3 is 2.71 bits per heavy atom. The van der Waals surface area contributed by atoms with Gasteiger partial charge in [-0.2, -0.15) is 0 Å². The summed E-state index contributed by atoms with van der Waals surface area (Å²) in [7, 11) is 1.93. The van der Waals surface area contributed by atoms with E-state index in [0.29, 0.717) is 23.2 Å². The Morgan fingerprint density at radius 2 is 2.00 bits per heavy atom. The lowest BCUT2D eigenvalue weighted by atomic mass is 10.2. The minimum absolute atomic E-state index is 0.250. The second kappa shape index (κ2) is 3.44. The summed E-state index contributed by atoms with van der Waals surface area (Å²) in [6, 6.07) is 0.250. The molecule has 1 aliphatic rings. The molecule has 0 aromatic carbocycles. The van der Waals surface area contributed by atoms with E-state index in [9.17, 15) is 0 Å². The summed E-state index contributed by atoms with van der Waals surface area (Å²) >= 11 is 11.8. The predicted octanol–water partition coefficient (Wildman–Crippen LogP) is 2.00. The normalized spacial score (nSPS) is 20.3. The first-order chi connectivity index (χ1) is 6.61. The second-order valence-electron chi connectivity index (χ2n) is 3.23. The summed E-state index contributed by atoms with van der Waals surface area (Å²) in [5.41, 5.74) is 0.713. The van der Waals surface area contributed by atoms with Gasteiger partial charge in [0.05, 0.1) is 6.04 Å². The highest BCUT2D eigenvalue weighted by atomic mass is 35.5. The van der Waals surface area contributed by atoms with Gasteiger partial charge < -0.3 is 9.64 Å². The maximum Gasteiger partial charge on any atom is 0.195 e. The summed E-state index contributed by atoms with van der Waals surface area (Å²) < 4.78 is 5.46. The zero-order valence-electron chi connectivity index (χ0n) is 7.79. The highest BCUT2D eigenvalue weighted by Gasteiger charge is 2.27. The van der Waals surface area contributed by atoms with Gasteiger partial charge in [0, 0.05) is 7.05 Å². The number of nitrogens with zero attached hydrogens (tertiary/aromatic N) is 3. The Balaban J connectivity index is 2.58. The van der Waals surface area contributed by atoms with Crippen LogP contribution < -0.4 is 9.64 Å². The van der Waals surface area contributed by atoms with Crippen molar-refractivity contribution in [2.24, 2.45) is 0 Å². The van der Waals surface area contributed by atoms with Crippen LogP contribution in [-0.2, 0) is 0 Å². The highest BCUT2D eigenvalue weighted by Crippen LogP contribution is 2.41. The van der Waals surface area contributed by atoms with Crippen LogP contribution in [0.2, 0.25) is 10.3 Å². The van der Waals surface area contributed by atoms with E-state index in [-0.39, 0.29) is 11.2 Å². The molecule has 0 fully saturated rings. The molecule has 6 heteroatoms. The molecule has 1 atom stereocenters. The zero-order valence-corrected chi connectivity index (χ0v) is 9.30. The van der Waals surface area contributed by atoms with Crippen molar-refractivity contribution in [2.45, 2.75) is 13.0 Å². The largest absolute Gasteiger partial charge is 0.486 e. The van der Waals surface area contributed by atoms with Gasteiger partial charge in [-0.1, -0.05) is 23.2 Å². The van der Waals surface area contributed by atoms with Crippen LogP contribution in [0.5, 0.6) is 5.75 Å². The van der Waals surface area contributed by atoms with Crippen LogP contribution in [0.25, 0.3) is 0 Å². The van der Waals surface area contributed by atoms with Gasteiger partial charge in [-0.3, -0.25) is 0 Å². The Hall–Kier alpha value is -0.740. The lowest BCUT2D eigenvalue weighted by Gasteiger charge is -2.33. The maximum atomic E-state index is 5.92. The average molecular weight is 234 g/mol. The molecule has 4 nitrogen and oxygen atoms in total. The molecule has 2 rings (SSSR count). The number of halogens is 2. The average Bonchev–Trinajstić information content (AvgIpc) is 2.16. The molecule has 1 aromatic heterocycles. The lowest BCUT2D eigenvalue weighted by molar-refractivity contribution is 0.273. The molecule has 2 heterocycles. The van der Waals surface area contributed by atoms with Gasteiger partial charge >= 0.3 is 0 Å². The fraction of sp³-hybridized carbons (Fsp3) is 0.500. The molecule has 0 amide bonds. The molecule has 0 aliphatic carbocycles. The van der Waals surface area contributed by atoms with Gasteiger partial charge in [0.1, 0.15) is 12.3 Å². The Labute approximate surface area is 91.8 Å². The number of aromatic nitrogens is 2. The van der Waals surface area contributed by atoms with E-state index in [4.69, 9.17) is 27.9 Å². The molecule has 14 heavy (non-hydrogen) atoms. The SMILES string of the molecule is C[C@H]1COc2c(Cl)nnc(Cl)c2N1C. The van der Waals surface area contributed by atoms with Crippen LogP contribution in [0.4, 0.5) is 5.69 Å². The third-order valence-electron chi connectivity index (χ3n) is 2.31. The van der Waals surface area contributed by atoms with Crippen LogP contribution in [0.1, 0.15) is 6.92 Å². The first-order valence-electron chi connectivity index (χ1n) is 4.18. The second-order valence-corrected chi connectivity index (χ2v) is 3.95. The molecular weight excluding hydrogens is 225 g/mol. The van der Waals surface area contributed by atoms with Gasteiger partial charge in [0.15, 0.2) is 16.1 Å². The van der Waals surface area contributed by atoms with Crippen LogP contribution in [0.3, 0.4) is 0 Å². The fourth-order valence-corrected chi connectivity index (χ4v) is 1.78. The molecule has 1 aliphatic heterocycles. The zero-order chi connectivity index (χ0) is 10.3. The monoisotopic (exact) mass is 233 g/mol. The molecule has 0 radical (unpaired) electrons. The lowest BCUT2D eigenvalue weighted by Crippen LogP contribution is -2.38. The molecule has 76 valence electrons. The molecule has 0 N–H and O–H groups in total. The van der Waals surface area contributed by atoms with Gasteiger partial charge in [-0.15, -0.1) is 10.2 Å². The van der Waals surface area contributed by atoms with E-state index in [0.717, 1.165) is 0 Å². The third-order valence-corrected chi connectivity index (χ3v) is 2.81.